The predicted molar refractivity (Wildman–Crippen MR) is 70.4 cm³/mol. The van der Waals surface area contributed by atoms with Crippen LogP contribution in [0.3, 0.4) is 0 Å². The van der Waals surface area contributed by atoms with E-state index in [2.05, 4.69) is 41.7 Å². The van der Waals surface area contributed by atoms with Gasteiger partial charge in [0.2, 0.25) is 0 Å². The van der Waals surface area contributed by atoms with Crippen molar-refractivity contribution in [3.05, 3.63) is 72.3 Å². The van der Waals surface area contributed by atoms with Gasteiger partial charge in [0.25, 0.3) is 0 Å². The van der Waals surface area contributed by atoms with E-state index in [4.69, 9.17) is 0 Å². The molecule has 1 N–H and O–H groups in total. The van der Waals surface area contributed by atoms with Gasteiger partial charge in [0.1, 0.15) is 0 Å². The molecule has 0 saturated heterocycles. The minimum atomic E-state index is 0.846. The molecule has 0 spiro atoms. The number of nitrogens with one attached hydrogen (secondary N) is 1. The van der Waals surface area contributed by atoms with Gasteiger partial charge < -0.3 is 5.32 Å². The standard InChI is InChI=1S/C15H15N/c1-3-8-14(9-4-1)10-7-13-16-15-11-5-2-6-12-15/h1-12,16H,13H2/b10-7+. The SMILES string of the molecule is C(=C\c1ccccc1)/CNc1ccccc1. The molecule has 2 aromatic rings. The first-order chi connectivity index (χ1) is 7.95. The summed E-state index contributed by atoms with van der Waals surface area (Å²) >= 11 is 0. The van der Waals surface area contributed by atoms with Crippen molar-refractivity contribution in [1.82, 2.24) is 0 Å². The summed E-state index contributed by atoms with van der Waals surface area (Å²) in [5.41, 5.74) is 2.39. The van der Waals surface area contributed by atoms with E-state index < -0.39 is 0 Å². The van der Waals surface area contributed by atoms with Crippen LogP contribution in [-0.2, 0) is 0 Å². The Labute approximate surface area is 96.4 Å². The molecular formula is C15H15N. The van der Waals surface area contributed by atoms with Gasteiger partial charge in [0.05, 0.1) is 0 Å². The highest BCUT2D eigenvalue weighted by Gasteiger charge is 1.85. The summed E-state index contributed by atoms with van der Waals surface area (Å²) in [6.07, 6.45) is 4.25. The molecule has 0 aliphatic rings. The summed E-state index contributed by atoms with van der Waals surface area (Å²) in [5.74, 6) is 0. The fourth-order valence-corrected chi connectivity index (χ4v) is 1.49. The van der Waals surface area contributed by atoms with Crippen LogP contribution in [0.15, 0.2) is 66.7 Å². The number of hydrogen-bond donors (Lipinski definition) is 1. The van der Waals surface area contributed by atoms with E-state index in [1.54, 1.807) is 0 Å². The molecule has 0 aliphatic carbocycles. The number of anilines is 1. The third-order valence-electron chi connectivity index (χ3n) is 2.31. The van der Waals surface area contributed by atoms with E-state index in [9.17, 15) is 0 Å². The second-order valence-corrected chi connectivity index (χ2v) is 3.56. The molecule has 2 aromatic carbocycles. The third kappa shape index (κ3) is 3.28. The maximum absolute atomic E-state index is 3.33. The highest BCUT2D eigenvalue weighted by Crippen LogP contribution is 2.05. The Bertz CT molecular complexity index is 432. The fraction of sp³-hybridized carbons (Fsp3) is 0.0667. The number of rotatable bonds is 4. The van der Waals surface area contributed by atoms with Crippen LogP contribution in [-0.4, -0.2) is 6.54 Å². The summed E-state index contributed by atoms with van der Waals surface area (Å²) < 4.78 is 0. The molecule has 0 atom stereocenters. The van der Waals surface area contributed by atoms with Crippen molar-refractivity contribution in [3.8, 4) is 0 Å². The Kier molecular flexibility index (Phi) is 3.78. The lowest BCUT2D eigenvalue weighted by molar-refractivity contribution is 1.34. The van der Waals surface area contributed by atoms with E-state index in [0.29, 0.717) is 0 Å². The van der Waals surface area contributed by atoms with Crippen LogP contribution in [0.1, 0.15) is 5.56 Å². The fourth-order valence-electron chi connectivity index (χ4n) is 1.49. The van der Waals surface area contributed by atoms with Gasteiger partial charge in [-0.05, 0) is 17.7 Å². The molecule has 2 rings (SSSR count). The van der Waals surface area contributed by atoms with Crippen LogP contribution < -0.4 is 5.32 Å². The minimum Gasteiger partial charge on any atom is -0.382 e. The normalized spacial score (nSPS) is 10.5. The molecular weight excluding hydrogens is 194 g/mol. The lowest BCUT2D eigenvalue weighted by atomic mass is 10.2. The molecule has 1 heteroatoms. The zero-order chi connectivity index (χ0) is 11.1. The third-order valence-corrected chi connectivity index (χ3v) is 2.31. The molecule has 0 fully saturated rings. The average molecular weight is 209 g/mol. The quantitative estimate of drug-likeness (QED) is 0.807. The van der Waals surface area contributed by atoms with Gasteiger partial charge in [-0.3, -0.25) is 0 Å². The van der Waals surface area contributed by atoms with Gasteiger partial charge in [-0.25, -0.2) is 0 Å². The topological polar surface area (TPSA) is 12.0 Å². The molecule has 16 heavy (non-hydrogen) atoms. The summed E-state index contributed by atoms with van der Waals surface area (Å²) in [6.45, 7) is 0.846. The van der Waals surface area contributed by atoms with Crippen LogP contribution in [0.5, 0.6) is 0 Å². The highest BCUT2D eigenvalue weighted by molar-refractivity contribution is 5.50. The lowest BCUT2D eigenvalue weighted by Gasteiger charge is -2.01. The van der Waals surface area contributed by atoms with Crippen LogP contribution >= 0.6 is 0 Å². The molecule has 0 bridgehead atoms. The molecule has 1 nitrogen and oxygen atoms in total. The summed E-state index contributed by atoms with van der Waals surface area (Å²) in [6, 6.07) is 20.5. The summed E-state index contributed by atoms with van der Waals surface area (Å²) in [4.78, 5) is 0. The molecule has 0 radical (unpaired) electrons. The molecule has 0 aliphatic heterocycles. The number of para-hydroxylation sites is 1. The van der Waals surface area contributed by atoms with E-state index in [-0.39, 0.29) is 0 Å². The maximum atomic E-state index is 3.33. The van der Waals surface area contributed by atoms with Gasteiger partial charge in [0.15, 0.2) is 0 Å². The monoisotopic (exact) mass is 209 g/mol. The predicted octanol–water partition coefficient (Wildman–Crippen LogP) is 3.81. The molecule has 0 aromatic heterocycles. The van der Waals surface area contributed by atoms with Crippen molar-refractivity contribution < 1.29 is 0 Å². The largest absolute Gasteiger partial charge is 0.382 e. The van der Waals surface area contributed by atoms with Crippen molar-refractivity contribution in [2.24, 2.45) is 0 Å². The van der Waals surface area contributed by atoms with E-state index >= 15 is 0 Å². The van der Waals surface area contributed by atoms with Gasteiger partial charge in [-0.15, -0.1) is 0 Å². The number of benzene rings is 2. The maximum Gasteiger partial charge on any atom is 0.0342 e. The second kappa shape index (κ2) is 5.76. The average Bonchev–Trinajstić information content (AvgIpc) is 2.37. The van der Waals surface area contributed by atoms with E-state index in [0.717, 1.165) is 12.2 Å². The first-order valence-corrected chi connectivity index (χ1v) is 5.46. The minimum absolute atomic E-state index is 0.846. The molecule has 0 amide bonds. The van der Waals surface area contributed by atoms with Crippen molar-refractivity contribution in [3.63, 3.8) is 0 Å². The van der Waals surface area contributed by atoms with Crippen molar-refractivity contribution in [1.29, 1.82) is 0 Å². The summed E-state index contributed by atoms with van der Waals surface area (Å²) in [7, 11) is 0. The van der Waals surface area contributed by atoms with Crippen molar-refractivity contribution in [2.75, 3.05) is 11.9 Å². The smallest absolute Gasteiger partial charge is 0.0342 e. The van der Waals surface area contributed by atoms with Crippen LogP contribution in [0.2, 0.25) is 0 Å². The Balaban J connectivity index is 1.83. The molecule has 0 heterocycles. The Morgan fingerprint density at radius 3 is 2.12 bits per heavy atom. The highest BCUT2D eigenvalue weighted by atomic mass is 14.8. The van der Waals surface area contributed by atoms with Crippen LogP contribution in [0.25, 0.3) is 6.08 Å². The zero-order valence-electron chi connectivity index (χ0n) is 9.14. The summed E-state index contributed by atoms with van der Waals surface area (Å²) in [5, 5.41) is 3.33. The lowest BCUT2D eigenvalue weighted by Crippen LogP contribution is -1.96. The van der Waals surface area contributed by atoms with Gasteiger partial charge in [0, 0.05) is 12.2 Å². The van der Waals surface area contributed by atoms with Crippen molar-refractivity contribution in [2.45, 2.75) is 0 Å². The van der Waals surface area contributed by atoms with Gasteiger partial charge in [-0.2, -0.15) is 0 Å². The van der Waals surface area contributed by atoms with Crippen LogP contribution in [0.4, 0.5) is 5.69 Å². The van der Waals surface area contributed by atoms with Gasteiger partial charge >= 0.3 is 0 Å². The van der Waals surface area contributed by atoms with Gasteiger partial charge in [-0.1, -0.05) is 60.7 Å². The first kappa shape index (κ1) is 10.5. The first-order valence-electron chi connectivity index (χ1n) is 5.46. The Hall–Kier alpha value is -2.02. The second-order valence-electron chi connectivity index (χ2n) is 3.56. The zero-order valence-corrected chi connectivity index (χ0v) is 9.14. The molecule has 0 unspecified atom stereocenters. The molecule has 80 valence electrons. The van der Waals surface area contributed by atoms with Crippen LogP contribution in [0, 0.1) is 0 Å². The van der Waals surface area contributed by atoms with E-state index in [1.807, 2.05) is 36.4 Å². The number of hydrogen-bond acceptors (Lipinski definition) is 1. The van der Waals surface area contributed by atoms with E-state index in [1.165, 1.54) is 5.56 Å². The Morgan fingerprint density at radius 2 is 1.44 bits per heavy atom. The molecule has 0 saturated carbocycles. The van der Waals surface area contributed by atoms with Crippen molar-refractivity contribution >= 4 is 11.8 Å². The Morgan fingerprint density at radius 1 is 0.812 bits per heavy atom.